The number of ether oxygens (including phenoxy) is 2. The first-order chi connectivity index (χ1) is 11.7. The predicted octanol–water partition coefficient (Wildman–Crippen LogP) is 3.37. The Morgan fingerprint density at radius 2 is 2.25 bits per heavy atom. The molecule has 0 radical (unpaired) electrons. The molecule has 1 aliphatic carbocycles. The number of fused-ring (bicyclic) bond motifs is 2. The van der Waals surface area contributed by atoms with E-state index in [1.165, 1.54) is 10.4 Å². The second-order valence-electron chi connectivity index (χ2n) is 6.21. The molecule has 2 aromatic rings. The number of amides is 1. The highest BCUT2D eigenvalue weighted by atomic mass is 32.1. The average Bonchev–Trinajstić information content (AvgIpc) is 3.20. The van der Waals surface area contributed by atoms with E-state index in [0.717, 1.165) is 36.1 Å². The minimum absolute atomic E-state index is 0.140. The van der Waals surface area contributed by atoms with Crippen molar-refractivity contribution in [2.75, 3.05) is 6.79 Å². The number of thiophene rings is 1. The smallest absolute Gasteiger partial charge is 0.272 e. The van der Waals surface area contributed by atoms with E-state index in [-0.39, 0.29) is 12.7 Å². The summed E-state index contributed by atoms with van der Waals surface area (Å²) in [7, 11) is 0. The number of hydrogen-bond acceptors (Lipinski definition) is 5. The van der Waals surface area contributed by atoms with Crippen LogP contribution in [0.4, 0.5) is 0 Å². The molecule has 1 N–H and O–H groups in total. The fraction of sp³-hybridized carbons (Fsp3) is 0.333. The Kier molecular flexibility index (Phi) is 3.98. The zero-order valence-corrected chi connectivity index (χ0v) is 14.2. The molecule has 2 heterocycles. The summed E-state index contributed by atoms with van der Waals surface area (Å²) in [5, 5.41) is 6.02. The Balaban J connectivity index is 1.43. The molecule has 1 aromatic heterocycles. The number of nitrogens with zero attached hydrogens (tertiary/aromatic N) is 1. The van der Waals surface area contributed by atoms with E-state index < -0.39 is 0 Å². The summed E-state index contributed by atoms with van der Waals surface area (Å²) in [6, 6.07) is 5.55. The van der Waals surface area contributed by atoms with Crippen LogP contribution in [0.25, 0.3) is 0 Å². The van der Waals surface area contributed by atoms with Crippen LogP contribution in [0.3, 0.4) is 0 Å². The van der Waals surface area contributed by atoms with Gasteiger partial charge in [0.2, 0.25) is 6.79 Å². The molecule has 6 heteroatoms. The van der Waals surface area contributed by atoms with Crippen molar-refractivity contribution in [1.29, 1.82) is 0 Å². The Labute approximate surface area is 144 Å². The van der Waals surface area contributed by atoms with Crippen molar-refractivity contribution in [2.24, 2.45) is 11.0 Å². The van der Waals surface area contributed by atoms with Gasteiger partial charge in [0.25, 0.3) is 5.91 Å². The van der Waals surface area contributed by atoms with Gasteiger partial charge in [0.05, 0.1) is 11.8 Å². The number of rotatable bonds is 3. The number of carbonyl (C=O) groups excluding carboxylic acids is 1. The molecule has 1 unspecified atom stereocenters. The van der Waals surface area contributed by atoms with Crippen molar-refractivity contribution in [1.82, 2.24) is 5.43 Å². The SMILES string of the molecule is CC1CCc2c(C(=O)N/N=C/c3ccc4c(c3)OCO4)csc2C1. The first kappa shape index (κ1) is 15.2. The van der Waals surface area contributed by atoms with Crippen LogP contribution in [0.1, 0.15) is 39.7 Å². The lowest BCUT2D eigenvalue weighted by Crippen LogP contribution is -2.20. The highest BCUT2D eigenvalue weighted by Gasteiger charge is 2.23. The molecule has 4 rings (SSSR count). The maximum atomic E-state index is 12.4. The molecule has 1 aliphatic heterocycles. The van der Waals surface area contributed by atoms with Gasteiger partial charge in [-0.05, 0) is 54.5 Å². The first-order valence-electron chi connectivity index (χ1n) is 8.03. The number of carbonyl (C=O) groups is 1. The minimum atomic E-state index is -0.140. The number of nitrogens with one attached hydrogen (secondary N) is 1. The second kappa shape index (κ2) is 6.28. The number of hydrazone groups is 1. The highest BCUT2D eigenvalue weighted by molar-refractivity contribution is 7.10. The molecule has 2 aliphatic rings. The van der Waals surface area contributed by atoms with Gasteiger partial charge < -0.3 is 9.47 Å². The van der Waals surface area contributed by atoms with Crippen LogP contribution in [-0.2, 0) is 12.8 Å². The van der Waals surface area contributed by atoms with Crippen LogP contribution in [-0.4, -0.2) is 18.9 Å². The second-order valence-corrected chi connectivity index (χ2v) is 7.18. The maximum Gasteiger partial charge on any atom is 0.272 e. The third kappa shape index (κ3) is 2.89. The van der Waals surface area contributed by atoms with Gasteiger partial charge in [0.1, 0.15) is 0 Å². The Bertz CT molecular complexity index is 813. The summed E-state index contributed by atoms with van der Waals surface area (Å²) in [4.78, 5) is 13.7. The molecule has 0 saturated carbocycles. The van der Waals surface area contributed by atoms with Gasteiger partial charge in [-0.15, -0.1) is 11.3 Å². The molecule has 0 saturated heterocycles. The molecule has 124 valence electrons. The molecule has 0 spiro atoms. The average molecular weight is 342 g/mol. The van der Waals surface area contributed by atoms with Crippen molar-refractivity contribution in [3.8, 4) is 11.5 Å². The van der Waals surface area contributed by atoms with Gasteiger partial charge in [-0.1, -0.05) is 6.92 Å². The fourth-order valence-corrected chi connectivity index (χ4v) is 4.33. The maximum absolute atomic E-state index is 12.4. The van der Waals surface area contributed by atoms with Crippen molar-refractivity contribution in [3.63, 3.8) is 0 Å². The van der Waals surface area contributed by atoms with Crippen molar-refractivity contribution < 1.29 is 14.3 Å². The van der Waals surface area contributed by atoms with Crippen LogP contribution in [0.5, 0.6) is 11.5 Å². The molecule has 1 aromatic carbocycles. The van der Waals surface area contributed by atoms with Crippen LogP contribution >= 0.6 is 11.3 Å². The lowest BCUT2D eigenvalue weighted by Gasteiger charge is -2.18. The van der Waals surface area contributed by atoms with Gasteiger partial charge in [-0.25, -0.2) is 5.43 Å². The largest absolute Gasteiger partial charge is 0.454 e. The summed E-state index contributed by atoms with van der Waals surface area (Å²) < 4.78 is 10.6. The normalized spacial score (nSPS) is 18.6. The van der Waals surface area contributed by atoms with E-state index in [4.69, 9.17) is 9.47 Å². The highest BCUT2D eigenvalue weighted by Crippen LogP contribution is 2.33. The van der Waals surface area contributed by atoms with Gasteiger partial charge >= 0.3 is 0 Å². The molecule has 5 nitrogen and oxygen atoms in total. The Morgan fingerprint density at radius 3 is 3.17 bits per heavy atom. The third-order valence-corrected chi connectivity index (χ3v) is 5.47. The minimum Gasteiger partial charge on any atom is -0.454 e. The van der Waals surface area contributed by atoms with Crippen molar-refractivity contribution in [3.05, 3.63) is 45.1 Å². The van der Waals surface area contributed by atoms with E-state index >= 15 is 0 Å². The van der Waals surface area contributed by atoms with Gasteiger partial charge in [-0.2, -0.15) is 5.10 Å². The van der Waals surface area contributed by atoms with Crippen LogP contribution in [0.2, 0.25) is 0 Å². The van der Waals surface area contributed by atoms with E-state index in [1.54, 1.807) is 17.6 Å². The van der Waals surface area contributed by atoms with Gasteiger partial charge in [0, 0.05) is 10.3 Å². The van der Waals surface area contributed by atoms with E-state index in [2.05, 4.69) is 17.5 Å². The van der Waals surface area contributed by atoms with Crippen LogP contribution in [0, 0.1) is 5.92 Å². The summed E-state index contributed by atoms with van der Waals surface area (Å²) in [5.74, 6) is 2.00. The standard InChI is InChI=1S/C18H18N2O3S/c1-11-2-4-13-14(9-24-17(13)6-11)18(21)20-19-8-12-3-5-15-16(7-12)23-10-22-15/h3,5,7-9,11H,2,4,6,10H2,1H3,(H,20,21)/b19-8+. The van der Waals surface area contributed by atoms with Crippen molar-refractivity contribution in [2.45, 2.75) is 26.2 Å². The summed E-state index contributed by atoms with van der Waals surface area (Å²) in [5.41, 5.74) is 5.45. The van der Waals surface area contributed by atoms with Gasteiger partial charge in [-0.3, -0.25) is 4.79 Å². The quantitative estimate of drug-likeness (QED) is 0.687. The Hall–Kier alpha value is -2.34. The lowest BCUT2D eigenvalue weighted by molar-refractivity contribution is 0.0954. The summed E-state index contributed by atoms with van der Waals surface area (Å²) in [6.45, 7) is 2.51. The topological polar surface area (TPSA) is 59.9 Å². The van der Waals surface area contributed by atoms with Crippen LogP contribution < -0.4 is 14.9 Å². The molecule has 0 fully saturated rings. The van der Waals surface area contributed by atoms with Crippen LogP contribution in [0.15, 0.2) is 28.7 Å². The predicted molar refractivity (Wildman–Crippen MR) is 93.1 cm³/mol. The molecular formula is C18H18N2O3S. The summed E-state index contributed by atoms with van der Waals surface area (Å²) >= 11 is 1.68. The van der Waals surface area contributed by atoms with Gasteiger partial charge in [0.15, 0.2) is 11.5 Å². The zero-order chi connectivity index (χ0) is 16.5. The molecule has 0 bridgehead atoms. The first-order valence-corrected chi connectivity index (χ1v) is 8.91. The van der Waals surface area contributed by atoms with E-state index in [1.807, 2.05) is 23.6 Å². The Morgan fingerprint density at radius 1 is 1.38 bits per heavy atom. The number of benzene rings is 1. The lowest BCUT2D eigenvalue weighted by atomic mass is 9.88. The molecule has 1 atom stereocenters. The molecule has 1 amide bonds. The molecule has 24 heavy (non-hydrogen) atoms. The fourth-order valence-electron chi connectivity index (χ4n) is 3.09. The third-order valence-electron chi connectivity index (χ3n) is 4.42. The monoisotopic (exact) mass is 342 g/mol. The molecular weight excluding hydrogens is 324 g/mol. The van der Waals surface area contributed by atoms with E-state index in [9.17, 15) is 4.79 Å². The summed E-state index contributed by atoms with van der Waals surface area (Å²) in [6.07, 6.45) is 4.81. The van der Waals surface area contributed by atoms with E-state index in [0.29, 0.717) is 11.7 Å². The van der Waals surface area contributed by atoms with Crippen molar-refractivity contribution >= 4 is 23.5 Å². The number of hydrogen-bond donors (Lipinski definition) is 1. The zero-order valence-electron chi connectivity index (χ0n) is 13.4.